The first-order valence-corrected chi connectivity index (χ1v) is 10.5. The number of rotatable bonds is 5. The molecule has 3 aromatic rings. The van der Waals surface area contributed by atoms with Crippen LogP contribution in [0.25, 0.3) is 16.6 Å². The van der Waals surface area contributed by atoms with Crippen molar-refractivity contribution in [3.05, 3.63) is 65.7 Å². The first-order valence-electron chi connectivity index (χ1n) is 8.98. The fourth-order valence-corrected chi connectivity index (χ4v) is 4.24. The molecule has 0 bridgehead atoms. The minimum Gasteiger partial charge on any atom is -0.507 e. The number of carbonyl (C=O) groups is 1. The monoisotopic (exact) mass is 437 g/mol. The molecule has 1 aliphatic heterocycles. The number of esters is 1. The van der Waals surface area contributed by atoms with Gasteiger partial charge in [0.25, 0.3) is 10.0 Å². The van der Waals surface area contributed by atoms with Crippen molar-refractivity contribution in [2.75, 3.05) is 13.2 Å². The highest BCUT2D eigenvalue weighted by atomic mass is 32.2. The van der Waals surface area contributed by atoms with Crippen LogP contribution in [-0.4, -0.2) is 48.4 Å². The number of aromatic nitrogens is 2. The number of benzene rings is 2. The maximum absolute atomic E-state index is 12.0. The molecule has 2 aromatic carbocycles. The molecule has 0 aliphatic carbocycles. The second-order valence-electron chi connectivity index (χ2n) is 6.46. The van der Waals surface area contributed by atoms with Gasteiger partial charge in [-0.15, -0.1) is 0 Å². The fraction of sp³-hybridized carbons (Fsp3) is 0.100. The van der Waals surface area contributed by atoms with Crippen LogP contribution >= 0.6 is 0 Å². The number of sulfonamides is 1. The molecule has 1 aliphatic rings. The molecule has 0 atom stereocenters. The van der Waals surface area contributed by atoms with Crippen molar-refractivity contribution in [3.63, 3.8) is 0 Å². The zero-order valence-electron chi connectivity index (χ0n) is 15.9. The van der Waals surface area contributed by atoms with Crippen LogP contribution in [0, 0.1) is 11.3 Å². The summed E-state index contributed by atoms with van der Waals surface area (Å²) in [6, 6.07) is 15.2. The number of aliphatic imine (C=N–C) groups is 1. The van der Waals surface area contributed by atoms with Crippen LogP contribution in [0.3, 0.4) is 0 Å². The maximum Gasteiger partial charge on any atom is 0.328 e. The molecular formula is C20H15N5O5S. The first-order chi connectivity index (χ1) is 14.9. The Labute approximate surface area is 176 Å². The molecule has 0 spiro atoms. The number of hydrogen-bond donors (Lipinski definition) is 3. The number of aliphatic hydroxyl groups excluding tert-OH is 1. The van der Waals surface area contributed by atoms with Gasteiger partial charge < -0.3 is 14.8 Å². The van der Waals surface area contributed by atoms with Crippen molar-refractivity contribution >= 4 is 38.4 Å². The third kappa shape index (κ3) is 3.96. The lowest BCUT2D eigenvalue weighted by Gasteiger charge is -2.04. The van der Waals surface area contributed by atoms with E-state index in [1.807, 2.05) is 6.07 Å². The normalized spacial score (nSPS) is 16.3. The lowest BCUT2D eigenvalue weighted by atomic mass is 10.2. The van der Waals surface area contributed by atoms with E-state index in [4.69, 9.17) is 4.74 Å². The van der Waals surface area contributed by atoms with E-state index in [1.165, 1.54) is 6.07 Å². The van der Waals surface area contributed by atoms with E-state index in [-0.39, 0.29) is 22.1 Å². The van der Waals surface area contributed by atoms with E-state index in [9.17, 15) is 23.6 Å². The minimum absolute atomic E-state index is 0.0345. The van der Waals surface area contributed by atoms with Crippen LogP contribution in [0.15, 0.2) is 64.2 Å². The number of aliphatic hydroxyl groups is 1. The predicted molar refractivity (Wildman–Crippen MR) is 110 cm³/mol. The summed E-state index contributed by atoms with van der Waals surface area (Å²) < 4.78 is 31.3. The molecular weight excluding hydrogens is 422 g/mol. The summed E-state index contributed by atoms with van der Waals surface area (Å²) in [7, 11) is -3.71. The predicted octanol–water partition coefficient (Wildman–Crippen LogP) is 1.64. The molecule has 10 nitrogen and oxygen atoms in total. The molecule has 0 saturated carbocycles. The number of nitriles is 1. The van der Waals surface area contributed by atoms with Crippen LogP contribution in [0.5, 0.6) is 0 Å². The number of allylic oxidation sites excluding steroid dienone is 1. The van der Waals surface area contributed by atoms with Crippen molar-refractivity contribution in [3.8, 4) is 6.07 Å². The molecule has 2 heterocycles. The van der Waals surface area contributed by atoms with Crippen LogP contribution in [0.2, 0.25) is 0 Å². The Hall–Kier alpha value is -4.17. The molecule has 0 fully saturated rings. The van der Waals surface area contributed by atoms with Gasteiger partial charge in [0.1, 0.15) is 30.6 Å². The third-order valence-corrected chi connectivity index (χ3v) is 5.82. The van der Waals surface area contributed by atoms with Crippen molar-refractivity contribution in [2.45, 2.75) is 4.90 Å². The van der Waals surface area contributed by atoms with Gasteiger partial charge in [0.05, 0.1) is 15.9 Å². The van der Waals surface area contributed by atoms with Gasteiger partial charge in [-0.05, 0) is 24.3 Å². The largest absolute Gasteiger partial charge is 0.507 e. The number of aromatic amines is 1. The minimum atomic E-state index is -3.71. The number of amidine groups is 1. The van der Waals surface area contributed by atoms with Crippen molar-refractivity contribution in [1.82, 2.24) is 14.7 Å². The smallest absolute Gasteiger partial charge is 0.328 e. The van der Waals surface area contributed by atoms with E-state index in [0.717, 1.165) is 0 Å². The topological polar surface area (TPSA) is 158 Å². The second-order valence-corrected chi connectivity index (χ2v) is 8.11. The summed E-state index contributed by atoms with van der Waals surface area (Å²) >= 11 is 0. The summed E-state index contributed by atoms with van der Waals surface area (Å²) in [6.07, 6.45) is 0. The molecule has 0 amide bonds. The van der Waals surface area contributed by atoms with Crippen LogP contribution in [0.1, 0.15) is 11.4 Å². The summed E-state index contributed by atoms with van der Waals surface area (Å²) in [5, 5.41) is 19.6. The maximum atomic E-state index is 12.0. The molecule has 11 heteroatoms. The highest BCUT2D eigenvalue weighted by molar-refractivity contribution is 7.90. The first kappa shape index (κ1) is 20.1. The second kappa shape index (κ2) is 7.92. The highest BCUT2D eigenvalue weighted by Gasteiger charge is 2.30. The number of ether oxygens (including phenoxy) is 1. The van der Waals surface area contributed by atoms with Crippen molar-refractivity contribution in [1.29, 1.82) is 5.26 Å². The van der Waals surface area contributed by atoms with E-state index in [1.54, 1.807) is 42.5 Å². The van der Waals surface area contributed by atoms with E-state index in [0.29, 0.717) is 16.6 Å². The number of fused-ring (bicyclic) bond motifs is 2. The Kier molecular flexibility index (Phi) is 5.14. The SMILES string of the molecule is N#CC(=C(O)COC(=O)CN=C1NS(=O)(=O)c2ccccc21)c1nc2ccccc2[nH]1. The highest BCUT2D eigenvalue weighted by Crippen LogP contribution is 2.22. The van der Waals surface area contributed by atoms with E-state index >= 15 is 0 Å². The van der Waals surface area contributed by atoms with Gasteiger partial charge in [-0.1, -0.05) is 24.3 Å². The molecule has 31 heavy (non-hydrogen) atoms. The van der Waals surface area contributed by atoms with Crippen LogP contribution in [-0.2, 0) is 19.6 Å². The Bertz CT molecular complexity index is 1370. The lowest BCUT2D eigenvalue weighted by molar-refractivity contribution is -0.141. The summed E-state index contributed by atoms with van der Waals surface area (Å²) in [6.45, 7) is -1.04. The van der Waals surface area contributed by atoms with Gasteiger partial charge in [-0.2, -0.15) is 5.26 Å². The number of nitrogens with one attached hydrogen (secondary N) is 2. The fourth-order valence-electron chi connectivity index (χ4n) is 2.99. The van der Waals surface area contributed by atoms with Gasteiger partial charge in [0.2, 0.25) is 0 Å². The van der Waals surface area contributed by atoms with Gasteiger partial charge in [0, 0.05) is 5.56 Å². The van der Waals surface area contributed by atoms with Crippen LogP contribution in [0.4, 0.5) is 0 Å². The average molecular weight is 437 g/mol. The van der Waals surface area contributed by atoms with Gasteiger partial charge in [0.15, 0.2) is 11.6 Å². The summed E-state index contributed by atoms with van der Waals surface area (Å²) in [4.78, 5) is 23.2. The van der Waals surface area contributed by atoms with Gasteiger partial charge in [-0.3, -0.25) is 14.5 Å². The zero-order valence-corrected chi connectivity index (χ0v) is 16.7. The van der Waals surface area contributed by atoms with Crippen LogP contribution < -0.4 is 4.72 Å². The Morgan fingerprint density at radius 2 is 1.94 bits per heavy atom. The number of H-pyrrole nitrogens is 1. The summed E-state index contributed by atoms with van der Waals surface area (Å²) in [5.74, 6) is -1.11. The van der Waals surface area contributed by atoms with E-state index < -0.39 is 34.9 Å². The lowest BCUT2D eigenvalue weighted by Crippen LogP contribution is -2.23. The molecule has 1 aromatic heterocycles. The molecule has 0 unspecified atom stereocenters. The molecule has 4 rings (SSSR count). The Morgan fingerprint density at radius 3 is 2.71 bits per heavy atom. The van der Waals surface area contributed by atoms with Gasteiger partial charge in [-0.25, -0.2) is 13.4 Å². The van der Waals surface area contributed by atoms with Crippen molar-refractivity contribution < 1.29 is 23.1 Å². The molecule has 0 radical (unpaired) electrons. The standard InChI is InChI=1S/C20H15N5O5S/c21-9-13(20-23-14-6-2-3-7-15(14)24-20)16(26)11-30-18(27)10-22-19-12-5-1-4-8-17(12)31(28,29)25-19/h1-8,26H,10-11H2,(H,22,25)(H,23,24). The number of hydrogen-bond acceptors (Lipinski definition) is 8. The number of nitrogens with zero attached hydrogens (tertiary/aromatic N) is 3. The van der Waals surface area contributed by atoms with E-state index in [2.05, 4.69) is 19.7 Å². The summed E-state index contributed by atoms with van der Waals surface area (Å²) in [5.41, 5.74) is 1.50. The average Bonchev–Trinajstić information content (AvgIpc) is 3.30. The number of carbonyl (C=O) groups excluding carboxylic acids is 1. The molecule has 156 valence electrons. The number of para-hydroxylation sites is 2. The number of imidazole rings is 1. The Balaban J connectivity index is 1.45. The molecule has 3 N–H and O–H groups in total. The third-order valence-electron chi connectivity index (χ3n) is 4.43. The van der Waals surface area contributed by atoms with Crippen molar-refractivity contribution in [2.24, 2.45) is 4.99 Å². The Morgan fingerprint density at radius 1 is 1.19 bits per heavy atom. The quantitative estimate of drug-likeness (QED) is 0.311. The molecule has 0 saturated heterocycles. The zero-order chi connectivity index (χ0) is 22.0. The van der Waals surface area contributed by atoms with Gasteiger partial charge >= 0.3 is 5.97 Å².